The molecule has 1 N–H and O–H groups in total. The van der Waals surface area contributed by atoms with E-state index in [4.69, 9.17) is 25.8 Å². The van der Waals surface area contributed by atoms with Crippen LogP contribution in [0.2, 0.25) is 5.02 Å². The van der Waals surface area contributed by atoms with Crippen molar-refractivity contribution in [1.82, 2.24) is 4.98 Å². The molecule has 0 spiro atoms. The first-order valence-corrected chi connectivity index (χ1v) is 8.14. The standard InChI is InChI=1S/C17H12ClN3O7/c18-11-2-3-15(19-7-11)20-16(22)8-26-17(23)4-1-10-5-13-14(28-9-27-13)6-12(10)21(24)25/h1-7H,8-9H2,(H,19,20,22)/b4-1+. The van der Waals surface area contributed by atoms with Gasteiger partial charge in [0.15, 0.2) is 18.1 Å². The highest BCUT2D eigenvalue weighted by molar-refractivity contribution is 6.30. The number of nitro groups is 1. The molecule has 0 saturated carbocycles. The van der Waals surface area contributed by atoms with E-state index in [2.05, 4.69) is 10.3 Å². The van der Waals surface area contributed by atoms with Gasteiger partial charge in [-0.05, 0) is 24.3 Å². The molecule has 3 rings (SSSR count). The monoisotopic (exact) mass is 405 g/mol. The molecule has 11 heteroatoms. The van der Waals surface area contributed by atoms with Crippen molar-refractivity contribution in [2.45, 2.75) is 0 Å². The number of fused-ring (bicyclic) bond motifs is 1. The quantitative estimate of drug-likeness (QED) is 0.336. The molecule has 1 aromatic carbocycles. The summed E-state index contributed by atoms with van der Waals surface area (Å²) in [6.07, 6.45) is 3.52. The molecule has 2 aromatic rings. The summed E-state index contributed by atoms with van der Waals surface area (Å²) in [6, 6.07) is 5.61. The van der Waals surface area contributed by atoms with Crippen LogP contribution in [-0.4, -0.2) is 35.2 Å². The van der Waals surface area contributed by atoms with Crippen molar-refractivity contribution in [3.05, 3.63) is 57.2 Å². The Balaban J connectivity index is 1.58. The normalized spacial score (nSPS) is 12.0. The third kappa shape index (κ3) is 4.74. The molecule has 1 aliphatic heterocycles. The van der Waals surface area contributed by atoms with E-state index in [1.54, 1.807) is 0 Å². The zero-order chi connectivity index (χ0) is 20.1. The predicted molar refractivity (Wildman–Crippen MR) is 97.1 cm³/mol. The number of anilines is 1. The summed E-state index contributed by atoms with van der Waals surface area (Å²) < 4.78 is 15.0. The summed E-state index contributed by atoms with van der Waals surface area (Å²) in [5, 5.41) is 14.0. The van der Waals surface area contributed by atoms with Crippen LogP contribution in [0.15, 0.2) is 36.5 Å². The molecule has 1 amide bonds. The second-order valence-electron chi connectivity index (χ2n) is 5.37. The number of carbonyl (C=O) groups excluding carboxylic acids is 2. The van der Waals surface area contributed by atoms with Crippen LogP contribution in [0.4, 0.5) is 11.5 Å². The lowest BCUT2D eigenvalue weighted by atomic mass is 10.1. The summed E-state index contributed by atoms with van der Waals surface area (Å²) >= 11 is 5.69. The van der Waals surface area contributed by atoms with Crippen molar-refractivity contribution < 1.29 is 28.7 Å². The number of amides is 1. The van der Waals surface area contributed by atoms with E-state index < -0.39 is 23.4 Å². The summed E-state index contributed by atoms with van der Waals surface area (Å²) in [7, 11) is 0. The number of carbonyl (C=O) groups is 2. The molecule has 0 aliphatic carbocycles. The van der Waals surface area contributed by atoms with E-state index in [1.807, 2.05) is 0 Å². The Morgan fingerprint density at radius 3 is 2.75 bits per heavy atom. The Kier molecular flexibility index (Phi) is 5.70. The molecule has 10 nitrogen and oxygen atoms in total. The summed E-state index contributed by atoms with van der Waals surface area (Å²) in [4.78, 5) is 38.0. The second-order valence-corrected chi connectivity index (χ2v) is 5.81. The average molecular weight is 406 g/mol. The number of pyridine rings is 1. The first kappa shape index (κ1) is 19.1. The number of hydrogen-bond donors (Lipinski definition) is 1. The minimum Gasteiger partial charge on any atom is -0.454 e. The van der Waals surface area contributed by atoms with Gasteiger partial charge in [0.05, 0.1) is 21.6 Å². The van der Waals surface area contributed by atoms with Crippen molar-refractivity contribution in [3.8, 4) is 11.5 Å². The number of ether oxygens (including phenoxy) is 3. The number of nitro benzene ring substituents is 1. The van der Waals surface area contributed by atoms with E-state index >= 15 is 0 Å². The van der Waals surface area contributed by atoms with Gasteiger partial charge in [0.2, 0.25) is 6.79 Å². The van der Waals surface area contributed by atoms with E-state index in [9.17, 15) is 19.7 Å². The molecule has 0 atom stereocenters. The fraction of sp³-hybridized carbons (Fsp3) is 0.118. The molecule has 1 aromatic heterocycles. The highest BCUT2D eigenvalue weighted by atomic mass is 35.5. The molecule has 0 saturated heterocycles. The first-order valence-electron chi connectivity index (χ1n) is 7.76. The van der Waals surface area contributed by atoms with Crippen LogP contribution in [0, 0.1) is 10.1 Å². The van der Waals surface area contributed by atoms with Crippen LogP contribution < -0.4 is 14.8 Å². The SMILES string of the molecule is O=C(COC(=O)/C=C/c1cc2c(cc1[N+](=O)[O-])OCO2)Nc1ccc(Cl)cn1. The maximum Gasteiger partial charge on any atom is 0.331 e. The Morgan fingerprint density at radius 2 is 2.07 bits per heavy atom. The maximum absolute atomic E-state index is 11.8. The number of hydrogen-bond acceptors (Lipinski definition) is 8. The van der Waals surface area contributed by atoms with E-state index in [-0.39, 0.29) is 29.6 Å². The van der Waals surface area contributed by atoms with Gasteiger partial charge in [0.1, 0.15) is 5.82 Å². The van der Waals surface area contributed by atoms with Crippen molar-refractivity contribution in [2.24, 2.45) is 0 Å². The molecule has 0 fully saturated rings. The fourth-order valence-electron chi connectivity index (χ4n) is 2.21. The number of nitrogens with zero attached hydrogens (tertiary/aromatic N) is 2. The molecule has 144 valence electrons. The number of halogens is 1. The number of aromatic nitrogens is 1. The highest BCUT2D eigenvalue weighted by Gasteiger charge is 2.22. The van der Waals surface area contributed by atoms with Gasteiger partial charge in [-0.3, -0.25) is 14.9 Å². The Bertz CT molecular complexity index is 960. The largest absolute Gasteiger partial charge is 0.454 e. The molecule has 0 radical (unpaired) electrons. The van der Waals surface area contributed by atoms with E-state index in [0.717, 1.165) is 6.08 Å². The third-order valence-electron chi connectivity index (χ3n) is 3.46. The van der Waals surface area contributed by atoms with Crippen molar-refractivity contribution in [1.29, 1.82) is 0 Å². The Labute approximate surface area is 162 Å². The van der Waals surface area contributed by atoms with Crippen molar-refractivity contribution >= 4 is 41.1 Å². The molecule has 0 unspecified atom stereocenters. The average Bonchev–Trinajstić information content (AvgIpc) is 3.13. The lowest BCUT2D eigenvalue weighted by Gasteiger charge is -2.04. The topological polar surface area (TPSA) is 130 Å². The van der Waals surface area contributed by atoms with Crippen LogP contribution in [0.25, 0.3) is 6.08 Å². The summed E-state index contributed by atoms with van der Waals surface area (Å²) in [5.74, 6) is -0.638. The van der Waals surface area contributed by atoms with Gasteiger partial charge in [-0.1, -0.05) is 11.6 Å². The van der Waals surface area contributed by atoms with Gasteiger partial charge in [0, 0.05) is 12.3 Å². The first-order chi connectivity index (χ1) is 13.4. The van der Waals surface area contributed by atoms with Gasteiger partial charge >= 0.3 is 5.97 Å². The number of nitrogens with one attached hydrogen (secondary N) is 1. The molecular formula is C17H12ClN3O7. The molecule has 2 heterocycles. The molecule has 0 bridgehead atoms. The minimum absolute atomic E-state index is 0.0424. The van der Waals surface area contributed by atoms with Gasteiger partial charge < -0.3 is 19.5 Å². The lowest BCUT2D eigenvalue weighted by molar-refractivity contribution is -0.385. The lowest BCUT2D eigenvalue weighted by Crippen LogP contribution is -2.20. The number of esters is 1. The minimum atomic E-state index is -0.855. The van der Waals surface area contributed by atoms with Crippen molar-refractivity contribution in [2.75, 3.05) is 18.7 Å². The molecule has 1 aliphatic rings. The summed E-state index contributed by atoms with van der Waals surface area (Å²) in [5.41, 5.74) is -0.138. The van der Waals surface area contributed by atoms with E-state index in [1.165, 1.54) is 36.5 Å². The van der Waals surface area contributed by atoms with Crippen LogP contribution in [0.5, 0.6) is 11.5 Å². The van der Waals surface area contributed by atoms with Gasteiger partial charge in [-0.2, -0.15) is 0 Å². The fourth-order valence-corrected chi connectivity index (χ4v) is 2.32. The number of rotatable bonds is 6. The Hall–Kier alpha value is -3.66. The zero-order valence-corrected chi connectivity index (χ0v) is 14.8. The predicted octanol–water partition coefficient (Wildman–Crippen LogP) is 2.57. The van der Waals surface area contributed by atoms with Crippen LogP contribution in [0.3, 0.4) is 0 Å². The van der Waals surface area contributed by atoms with E-state index in [0.29, 0.717) is 10.8 Å². The van der Waals surface area contributed by atoms with Gasteiger partial charge in [-0.15, -0.1) is 0 Å². The highest BCUT2D eigenvalue weighted by Crippen LogP contribution is 2.38. The van der Waals surface area contributed by atoms with Gasteiger partial charge in [0.25, 0.3) is 11.6 Å². The zero-order valence-electron chi connectivity index (χ0n) is 14.1. The molecular weight excluding hydrogens is 394 g/mol. The van der Waals surface area contributed by atoms with Crippen LogP contribution in [-0.2, 0) is 14.3 Å². The Morgan fingerprint density at radius 1 is 1.32 bits per heavy atom. The number of benzene rings is 1. The van der Waals surface area contributed by atoms with Crippen LogP contribution >= 0.6 is 11.6 Å². The summed E-state index contributed by atoms with van der Waals surface area (Å²) in [6.45, 7) is -0.601. The van der Waals surface area contributed by atoms with Gasteiger partial charge in [-0.25, -0.2) is 9.78 Å². The molecule has 28 heavy (non-hydrogen) atoms. The maximum atomic E-state index is 11.8. The van der Waals surface area contributed by atoms with Crippen LogP contribution in [0.1, 0.15) is 5.56 Å². The van der Waals surface area contributed by atoms with Crippen molar-refractivity contribution in [3.63, 3.8) is 0 Å². The second kappa shape index (κ2) is 8.35. The third-order valence-corrected chi connectivity index (χ3v) is 3.68. The smallest absolute Gasteiger partial charge is 0.331 e.